The molecule has 0 aliphatic rings. The maximum atomic E-state index is 12.3. The number of halogens is 2. The average molecular weight is 384 g/mol. The number of nitrogens with zero attached hydrogens (tertiary/aromatic N) is 3. The van der Waals surface area contributed by atoms with Crippen LogP contribution in [0.2, 0.25) is 10.0 Å². The van der Waals surface area contributed by atoms with Crippen molar-refractivity contribution < 1.29 is 4.79 Å². The number of hydrogen-bond acceptors (Lipinski definition) is 5. The van der Waals surface area contributed by atoms with Gasteiger partial charge in [-0.05, 0) is 30.3 Å². The molecule has 3 rings (SSSR count). The molecule has 0 spiro atoms. The van der Waals surface area contributed by atoms with E-state index in [9.17, 15) is 4.79 Å². The van der Waals surface area contributed by atoms with Crippen molar-refractivity contribution >= 4 is 46.4 Å². The number of rotatable bonds is 4. The molecule has 0 aliphatic heterocycles. The first-order chi connectivity index (χ1) is 12.6. The van der Waals surface area contributed by atoms with Crippen LogP contribution < -0.4 is 10.6 Å². The van der Waals surface area contributed by atoms with Crippen LogP contribution >= 0.6 is 23.2 Å². The van der Waals surface area contributed by atoms with Crippen molar-refractivity contribution in [2.45, 2.75) is 0 Å². The lowest BCUT2D eigenvalue weighted by Crippen LogP contribution is -2.13. The smallest absolute Gasteiger partial charge is 0.258 e. The Morgan fingerprint density at radius 3 is 2.46 bits per heavy atom. The van der Waals surface area contributed by atoms with E-state index in [1.165, 1.54) is 18.5 Å². The molecule has 2 N–H and O–H groups in total. The van der Waals surface area contributed by atoms with Gasteiger partial charge in [-0.1, -0.05) is 35.3 Å². The second kappa shape index (κ2) is 7.83. The van der Waals surface area contributed by atoms with Crippen molar-refractivity contribution in [3.63, 3.8) is 0 Å². The normalized spacial score (nSPS) is 10.0. The Bertz CT molecular complexity index is 999. The van der Waals surface area contributed by atoms with Crippen LogP contribution in [-0.2, 0) is 0 Å². The van der Waals surface area contributed by atoms with Gasteiger partial charge >= 0.3 is 0 Å². The molecule has 3 aromatic rings. The summed E-state index contributed by atoms with van der Waals surface area (Å²) >= 11 is 11.9. The van der Waals surface area contributed by atoms with Crippen LogP contribution in [0.15, 0.2) is 54.9 Å². The van der Waals surface area contributed by atoms with E-state index in [1.54, 1.807) is 36.4 Å². The van der Waals surface area contributed by atoms with E-state index in [0.29, 0.717) is 27.0 Å². The van der Waals surface area contributed by atoms with Crippen molar-refractivity contribution in [3.8, 4) is 6.07 Å². The zero-order valence-electron chi connectivity index (χ0n) is 13.2. The number of carbonyl (C=O) groups excluding carboxylic acids is 1. The first-order valence-electron chi connectivity index (χ1n) is 7.41. The van der Waals surface area contributed by atoms with Crippen LogP contribution in [0.1, 0.15) is 15.9 Å². The summed E-state index contributed by atoms with van der Waals surface area (Å²) < 4.78 is 0. The minimum atomic E-state index is -0.404. The molecule has 128 valence electrons. The van der Waals surface area contributed by atoms with Gasteiger partial charge in [0.1, 0.15) is 6.07 Å². The predicted molar refractivity (Wildman–Crippen MR) is 101 cm³/mol. The second-order valence-electron chi connectivity index (χ2n) is 5.16. The minimum Gasteiger partial charge on any atom is -0.323 e. The van der Waals surface area contributed by atoms with E-state index in [0.717, 1.165) is 0 Å². The van der Waals surface area contributed by atoms with E-state index >= 15 is 0 Å². The monoisotopic (exact) mass is 383 g/mol. The molecule has 0 saturated carbocycles. The molecule has 0 fully saturated rings. The van der Waals surface area contributed by atoms with E-state index in [1.807, 2.05) is 0 Å². The molecule has 1 heterocycles. The summed E-state index contributed by atoms with van der Waals surface area (Å²) in [5.41, 5.74) is 1.75. The van der Waals surface area contributed by atoms with Crippen LogP contribution in [0, 0.1) is 11.3 Å². The highest BCUT2D eigenvalue weighted by atomic mass is 35.5. The molecular formula is C18H11Cl2N5O. The van der Waals surface area contributed by atoms with Gasteiger partial charge in [-0.25, -0.2) is 9.97 Å². The Morgan fingerprint density at radius 2 is 1.77 bits per heavy atom. The van der Waals surface area contributed by atoms with Crippen LogP contribution in [0.4, 0.5) is 17.3 Å². The van der Waals surface area contributed by atoms with Gasteiger partial charge in [0.25, 0.3) is 5.91 Å². The highest BCUT2D eigenvalue weighted by molar-refractivity contribution is 6.36. The lowest BCUT2D eigenvalue weighted by atomic mass is 10.2. The number of hydrogen-bond donors (Lipinski definition) is 2. The SMILES string of the molecule is N#Cc1ccccc1Nc1ncc(C(=O)Nc2ccc(Cl)cc2Cl)cn1. The Labute approximate surface area is 159 Å². The van der Waals surface area contributed by atoms with Gasteiger partial charge in [-0.3, -0.25) is 4.79 Å². The van der Waals surface area contributed by atoms with Crippen LogP contribution in [0.5, 0.6) is 0 Å². The molecular weight excluding hydrogens is 373 g/mol. The molecule has 1 amide bonds. The molecule has 26 heavy (non-hydrogen) atoms. The van der Waals surface area contributed by atoms with Crippen LogP contribution in [0.25, 0.3) is 0 Å². The van der Waals surface area contributed by atoms with Crippen molar-refractivity contribution in [2.24, 2.45) is 0 Å². The number of aromatic nitrogens is 2. The summed E-state index contributed by atoms with van der Waals surface area (Å²) in [4.78, 5) is 20.5. The number of nitriles is 1. The molecule has 0 radical (unpaired) electrons. The molecule has 2 aromatic carbocycles. The molecule has 0 atom stereocenters. The summed E-state index contributed by atoms with van der Waals surface area (Å²) in [6, 6.07) is 13.8. The number of carbonyl (C=O) groups is 1. The zero-order chi connectivity index (χ0) is 18.5. The van der Waals surface area contributed by atoms with Gasteiger partial charge in [0.05, 0.1) is 27.5 Å². The number of amides is 1. The number of benzene rings is 2. The minimum absolute atomic E-state index is 0.259. The highest BCUT2D eigenvalue weighted by Crippen LogP contribution is 2.25. The predicted octanol–water partition coefficient (Wildman–Crippen LogP) is 4.65. The van der Waals surface area contributed by atoms with Crippen molar-refractivity contribution in [3.05, 3.63) is 76.0 Å². The van der Waals surface area contributed by atoms with Gasteiger partial charge in [-0.15, -0.1) is 0 Å². The van der Waals surface area contributed by atoms with E-state index in [2.05, 4.69) is 26.7 Å². The fourth-order valence-electron chi connectivity index (χ4n) is 2.11. The zero-order valence-corrected chi connectivity index (χ0v) is 14.7. The standard InChI is InChI=1S/C18H11Cl2N5O/c19-13-5-6-16(14(20)7-13)24-17(26)12-9-22-18(23-10-12)25-15-4-2-1-3-11(15)8-21/h1-7,9-10H,(H,24,26)(H,22,23,25). The molecule has 6 nitrogen and oxygen atoms in total. The quantitative estimate of drug-likeness (QED) is 0.683. The van der Waals surface area contributed by atoms with Crippen molar-refractivity contribution in [2.75, 3.05) is 10.6 Å². The maximum absolute atomic E-state index is 12.3. The van der Waals surface area contributed by atoms with E-state index in [-0.39, 0.29) is 11.5 Å². The Balaban J connectivity index is 1.73. The lowest BCUT2D eigenvalue weighted by Gasteiger charge is -2.08. The fourth-order valence-corrected chi connectivity index (χ4v) is 2.56. The Hall–Kier alpha value is -3.14. The summed E-state index contributed by atoms with van der Waals surface area (Å²) in [5.74, 6) is -0.132. The van der Waals surface area contributed by atoms with E-state index < -0.39 is 5.91 Å². The van der Waals surface area contributed by atoms with Gasteiger partial charge in [0.2, 0.25) is 5.95 Å². The van der Waals surface area contributed by atoms with Gasteiger partial charge in [-0.2, -0.15) is 5.26 Å². The molecule has 0 unspecified atom stereocenters. The maximum Gasteiger partial charge on any atom is 0.258 e. The van der Waals surface area contributed by atoms with Gasteiger partial charge in [0.15, 0.2) is 0 Å². The third kappa shape index (κ3) is 4.09. The summed E-state index contributed by atoms with van der Waals surface area (Å²) in [5, 5.41) is 15.5. The first-order valence-corrected chi connectivity index (χ1v) is 8.17. The van der Waals surface area contributed by atoms with Crippen molar-refractivity contribution in [1.29, 1.82) is 5.26 Å². The fraction of sp³-hybridized carbons (Fsp3) is 0. The summed E-state index contributed by atoms with van der Waals surface area (Å²) in [7, 11) is 0. The second-order valence-corrected chi connectivity index (χ2v) is 6.00. The van der Waals surface area contributed by atoms with Gasteiger partial charge < -0.3 is 10.6 Å². The lowest BCUT2D eigenvalue weighted by molar-refractivity contribution is 0.102. The molecule has 0 aliphatic carbocycles. The van der Waals surface area contributed by atoms with Gasteiger partial charge in [0, 0.05) is 17.4 Å². The average Bonchev–Trinajstić information content (AvgIpc) is 2.65. The molecule has 0 bridgehead atoms. The third-order valence-electron chi connectivity index (χ3n) is 3.39. The molecule has 1 aromatic heterocycles. The Kier molecular flexibility index (Phi) is 5.32. The highest BCUT2D eigenvalue weighted by Gasteiger charge is 2.11. The Morgan fingerprint density at radius 1 is 1.04 bits per heavy atom. The number of anilines is 3. The summed E-state index contributed by atoms with van der Waals surface area (Å²) in [6.45, 7) is 0. The molecule has 8 heteroatoms. The largest absolute Gasteiger partial charge is 0.323 e. The number of para-hydroxylation sites is 1. The first kappa shape index (κ1) is 17.7. The van der Waals surface area contributed by atoms with Crippen LogP contribution in [0.3, 0.4) is 0 Å². The van der Waals surface area contributed by atoms with Crippen LogP contribution in [-0.4, -0.2) is 15.9 Å². The topological polar surface area (TPSA) is 90.7 Å². The molecule has 0 saturated heterocycles. The number of nitrogens with one attached hydrogen (secondary N) is 2. The van der Waals surface area contributed by atoms with Crippen molar-refractivity contribution in [1.82, 2.24) is 9.97 Å². The van der Waals surface area contributed by atoms with E-state index in [4.69, 9.17) is 28.5 Å². The third-order valence-corrected chi connectivity index (χ3v) is 3.94. The summed E-state index contributed by atoms with van der Waals surface area (Å²) in [6.07, 6.45) is 2.76.